The number of imidazole rings is 1. The maximum absolute atomic E-state index is 12.5. The van der Waals surface area contributed by atoms with Crippen LogP contribution in [0.25, 0.3) is 11.2 Å². The highest BCUT2D eigenvalue weighted by molar-refractivity contribution is 6.29. The largest absolute Gasteiger partial charge is 0.372 e. The SMILES string of the molecule is CC(C)n1c(NC(=O)C[C@H]2CCCC(C)(C)O2)nc2ccc(Cl)nc21. The van der Waals surface area contributed by atoms with E-state index in [1.807, 2.05) is 24.5 Å². The Labute approximate surface area is 152 Å². The summed E-state index contributed by atoms with van der Waals surface area (Å²) in [4.78, 5) is 21.4. The first-order valence-corrected chi connectivity index (χ1v) is 9.15. The van der Waals surface area contributed by atoms with Crippen molar-refractivity contribution in [3.63, 3.8) is 0 Å². The van der Waals surface area contributed by atoms with Crippen molar-refractivity contribution in [2.24, 2.45) is 0 Å². The highest BCUT2D eigenvalue weighted by atomic mass is 35.5. The molecule has 6 nitrogen and oxygen atoms in total. The van der Waals surface area contributed by atoms with E-state index in [9.17, 15) is 4.79 Å². The van der Waals surface area contributed by atoms with Gasteiger partial charge in [0.05, 0.1) is 18.1 Å². The Morgan fingerprint density at radius 1 is 1.44 bits per heavy atom. The molecule has 1 saturated heterocycles. The van der Waals surface area contributed by atoms with Gasteiger partial charge in [0.25, 0.3) is 0 Å². The fraction of sp³-hybridized carbons (Fsp3) is 0.611. The van der Waals surface area contributed by atoms with E-state index in [-0.39, 0.29) is 23.7 Å². The van der Waals surface area contributed by atoms with Crippen LogP contribution in [0.15, 0.2) is 12.1 Å². The number of aromatic nitrogens is 3. The van der Waals surface area contributed by atoms with Crippen LogP contribution in [0.3, 0.4) is 0 Å². The first-order chi connectivity index (χ1) is 11.7. The molecule has 0 aromatic carbocycles. The summed E-state index contributed by atoms with van der Waals surface area (Å²) in [6, 6.07) is 3.60. The predicted octanol–water partition coefficient (Wildman–Crippen LogP) is 4.34. The molecule has 136 valence electrons. The third kappa shape index (κ3) is 4.12. The van der Waals surface area contributed by atoms with Crippen LogP contribution in [0, 0.1) is 0 Å². The summed E-state index contributed by atoms with van der Waals surface area (Å²) >= 11 is 6.01. The molecule has 1 amide bonds. The Morgan fingerprint density at radius 2 is 2.20 bits per heavy atom. The first-order valence-electron chi connectivity index (χ1n) is 8.77. The molecular formula is C18H25ClN4O2. The maximum atomic E-state index is 12.5. The van der Waals surface area contributed by atoms with Crippen molar-refractivity contribution in [1.82, 2.24) is 14.5 Å². The van der Waals surface area contributed by atoms with Crippen LogP contribution in [0.4, 0.5) is 5.95 Å². The average Bonchev–Trinajstić information content (AvgIpc) is 2.82. The van der Waals surface area contributed by atoms with Gasteiger partial charge in [-0.05, 0) is 59.1 Å². The smallest absolute Gasteiger partial charge is 0.229 e. The van der Waals surface area contributed by atoms with Crippen molar-refractivity contribution in [3.8, 4) is 0 Å². The minimum absolute atomic E-state index is 0.0480. The molecule has 25 heavy (non-hydrogen) atoms. The number of anilines is 1. The first kappa shape index (κ1) is 18.1. The molecule has 1 aliphatic heterocycles. The second-order valence-electron chi connectivity index (χ2n) is 7.52. The van der Waals surface area contributed by atoms with E-state index in [1.54, 1.807) is 6.07 Å². The van der Waals surface area contributed by atoms with E-state index in [0.29, 0.717) is 28.7 Å². The van der Waals surface area contributed by atoms with Crippen molar-refractivity contribution < 1.29 is 9.53 Å². The lowest BCUT2D eigenvalue weighted by Crippen LogP contribution is -2.37. The number of nitrogens with one attached hydrogen (secondary N) is 1. The predicted molar refractivity (Wildman–Crippen MR) is 99.0 cm³/mol. The number of pyridine rings is 1. The van der Waals surface area contributed by atoms with Gasteiger partial charge >= 0.3 is 0 Å². The number of nitrogens with zero attached hydrogens (tertiary/aromatic N) is 3. The van der Waals surface area contributed by atoms with E-state index >= 15 is 0 Å². The van der Waals surface area contributed by atoms with Gasteiger partial charge in [0.15, 0.2) is 5.65 Å². The van der Waals surface area contributed by atoms with Crippen molar-refractivity contribution in [2.75, 3.05) is 5.32 Å². The summed E-state index contributed by atoms with van der Waals surface area (Å²) in [5.74, 6) is 0.408. The van der Waals surface area contributed by atoms with Gasteiger partial charge in [-0.25, -0.2) is 9.97 Å². The summed E-state index contributed by atoms with van der Waals surface area (Å²) in [5, 5.41) is 3.33. The third-order valence-electron chi connectivity index (χ3n) is 4.47. The number of ether oxygens (including phenoxy) is 1. The number of carbonyl (C=O) groups is 1. The number of halogens is 1. The van der Waals surface area contributed by atoms with Gasteiger partial charge in [-0.1, -0.05) is 11.6 Å². The Hall–Kier alpha value is -1.66. The van der Waals surface area contributed by atoms with Gasteiger partial charge in [0, 0.05) is 6.04 Å². The van der Waals surface area contributed by atoms with Gasteiger partial charge in [-0.3, -0.25) is 14.7 Å². The molecule has 1 fully saturated rings. The van der Waals surface area contributed by atoms with E-state index in [2.05, 4.69) is 29.1 Å². The molecule has 3 rings (SSSR count). The molecule has 0 saturated carbocycles. The number of hydrogen-bond donors (Lipinski definition) is 1. The molecule has 0 unspecified atom stereocenters. The lowest BCUT2D eigenvalue weighted by Gasteiger charge is -2.35. The molecule has 1 N–H and O–H groups in total. The van der Waals surface area contributed by atoms with Crippen molar-refractivity contribution in [2.45, 2.75) is 71.1 Å². The Kier molecular flexibility index (Phi) is 5.02. The van der Waals surface area contributed by atoms with Crippen LogP contribution in [0.5, 0.6) is 0 Å². The summed E-state index contributed by atoms with van der Waals surface area (Å²) in [7, 11) is 0. The molecule has 1 aliphatic rings. The maximum Gasteiger partial charge on any atom is 0.229 e. The second-order valence-corrected chi connectivity index (χ2v) is 7.91. The van der Waals surface area contributed by atoms with Crippen molar-refractivity contribution in [1.29, 1.82) is 0 Å². The Bertz CT molecular complexity index is 785. The van der Waals surface area contributed by atoms with Gasteiger partial charge < -0.3 is 4.74 Å². The molecule has 0 spiro atoms. The van der Waals surface area contributed by atoms with Gasteiger partial charge in [-0.2, -0.15) is 0 Å². The monoisotopic (exact) mass is 364 g/mol. The molecule has 2 aromatic rings. The summed E-state index contributed by atoms with van der Waals surface area (Å²) in [6.07, 6.45) is 3.31. The van der Waals surface area contributed by atoms with Gasteiger partial charge in [0.2, 0.25) is 11.9 Å². The standard InChI is InChI=1S/C18H25ClN4O2/c1-11(2)23-16-13(7-8-14(19)21-16)20-17(23)22-15(24)10-12-6-5-9-18(3,4)25-12/h7-8,11-12H,5-6,9-10H2,1-4H3,(H,20,22,24)/t12-/m1/s1. The summed E-state index contributed by atoms with van der Waals surface area (Å²) < 4.78 is 7.91. The highest BCUT2D eigenvalue weighted by Gasteiger charge is 2.30. The second kappa shape index (κ2) is 6.92. The van der Waals surface area contributed by atoms with Gasteiger partial charge in [0.1, 0.15) is 10.7 Å². The van der Waals surface area contributed by atoms with E-state index in [1.165, 1.54) is 0 Å². The van der Waals surface area contributed by atoms with Crippen LogP contribution in [0.2, 0.25) is 5.15 Å². The number of amides is 1. The number of fused-ring (bicyclic) bond motifs is 1. The van der Waals surface area contributed by atoms with Crippen molar-refractivity contribution in [3.05, 3.63) is 17.3 Å². The molecule has 2 aromatic heterocycles. The van der Waals surface area contributed by atoms with E-state index < -0.39 is 0 Å². The number of hydrogen-bond acceptors (Lipinski definition) is 4. The Balaban J connectivity index is 1.78. The van der Waals surface area contributed by atoms with Crippen LogP contribution < -0.4 is 5.32 Å². The van der Waals surface area contributed by atoms with Crippen LogP contribution >= 0.6 is 11.6 Å². The lowest BCUT2D eigenvalue weighted by atomic mass is 9.94. The number of carbonyl (C=O) groups excluding carboxylic acids is 1. The van der Waals surface area contributed by atoms with Crippen LogP contribution in [-0.2, 0) is 9.53 Å². The minimum Gasteiger partial charge on any atom is -0.372 e. The zero-order valence-corrected chi connectivity index (χ0v) is 15.9. The quantitative estimate of drug-likeness (QED) is 0.819. The zero-order chi connectivity index (χ0) is 18.2. The van der Waals surface area contributed by atoms with Crippen LogP contribution in [-0.4, -0.2) is 32.1 Å². The zero-order valence-electron chi connectivity index (χ0n) is 15.2. The molecule has 7 heteroatoms. The molecule has 0 aliphatic carbocycles. The average molecular weight is 365 g/mol. The fourth-order valence-corrected chi connectivity index (χ4v) is 3.52. The molecule has 1 atom stereocenters. The normalized spacial score (nSPS) is 20.2. The summed E-state index contributed by atoms with van der Waals surface area (Å²) in [5.41, 5.74) is 1.23. The van der Waals surface area contributed by atoms with E-state index in [0.717, 1.165) is 19.3 Å². The minimum atomic E-state index is -0.158. The highest BCUT2D eigenvalue weighted by Crippen LogP contribution is 2.30. The van der Waals surface area contributed by atoms with Crippen LogP contribution in [0.1, 0.15) is 59.4 Å². The van der Waals surface area contributed by atoms with Gasteiger partial charge in [-0.15, -0.1) is 0 Å². The fourth-order valence-electron chi connectivity index (χ4n) is 3.38. The molecule has 3 heterocycles. The number of rotatable bonds is 4. The van der Waals surface area contributed by atoms with Crippen molar-refractivity contribution >= 4 is 34.6 Å². The van der Waals surface area contributed by atoms with E-state index in [4.69, 9.17) is 16.3 Å². The molecule has 0 radical (unpaired) electrons. The molecule has 0 bridgehead atoms. The topological polar surface area (TPSA) is 69.0 Å². The lowest BCUT2D eigenvalue weighted by molar-refractivity contribution is -0.131. The molecular weight excluding hydrogens is 340 g/mol. The summed E-state index contributed by atoms with van der Waals surface area (Å²) in [6.45, 7) is 8.19. The third-order valence-corrected chi connectivity index (χ3v) is 4.69. The Morgan fingerprint density at radius 3 is 2.88 bits per heavy atom.